The van der Waals surface area contributed by atoms with Crippen LogP contribution < -0.4 is 0 Å². The van der Waals surface area contributed by atoms with Gasteiger partial charge in [-0.2, -0.15) is 0 Å². The molecule has 0 radical (unpaired) electrons. The molecule has 2 aliphatic carbocycles. The van der Waals surface area contributed by atoms with Gasteiger partial charge in [-0.15, -0.1) is 0 Å². The summed E-state index contributed by atoms with van der Waals surface area (Å²) in [4.78, 5) is 9.96. The van der Waals surface area contributed by atoms with Crippen molar-refractivity contribution in [3.63, 3.8) is 0 Å². The van der Waals surface area contributed by atoms with Crippen LogP contribution in [0.15, 0.2) is 157 Å². The zero-order valence-corrected chi connectivity index (χ0v) is 28.9. The van der Waals surface area contributed by atoms with Crippen LogP contribution in [0.1, 0.15) is 27.9 Å². The third kappa shape index (κ3) is 4.15. The van der Waals surface area contributed by atoms with Crippen LogP contribution in [0.5, 0.6) is 11.5 Å². The summed E-state index contributed by atoms with van der Waals surface area (Å²) in [5, 5.41) is 26.2. The molecule has 0 unspecified atom stereocenters. The molecule has 1 heterocycles. The predicted octanol–water partition coefficient (Wildman–Crippen LogP) is 10.6. The second-order valence-electron chi connectivity index (χ2n) is 12.8. The first-order chi connectivity index (χ1) is 24.1. The van der Waals surface area contributed by atoms with E-state index < -0.39 is 5.41 Å². The summed E-state index contributed by atoms with van der Waals surface area (Å²) >= 11 is 0. The zero-order chi connectivity index (χ0) is 32.7. The van der Waals surface area contributed by atoms with E-state index in [2.05, 4.69) is 84.9 Å². The van der Waals surface area contributed by atoms with Crippen LogP contribution in [0.3, 0.4) is 0 Å². The molecular weight excluding hydrogens is 796 g/mol. The average molecular weight is 824 g/mol. The molecule has 1 aromatic heterocycles. The largest absolute Gasteiger partial charge is 0.507 e. The maximum atomic E-state index is 12.0. The van der Waals surface area contributed by atoms with Crippen molar-refractivity contribution < 1.29 is 31.3 Å². The van der Waals surface area contributed by atoms with Gasteiger partial charge < -0.3 is 10.2 Å². The van der Waals surface area contributed by atoms with Crippen LogP contribution >= 0.6 is 0 Å². The Hall–Kier alpha value is -5.83. The van der Waals surface area contributed by atoms with Gasteiger partial charge in [-0.05, 0) is 85.6 Å². The number of fused-ring (bicyclic) bond motifs is 12. The normalized spacial score (nSPS) is 13.3. The van der Waals surface area contributed by atoms with Crippen LogP contribution in [-0.4, -0.2) is 21.4 Å². The standard InChI is InChI=1S/C45H28N2O2.Pt/c48-42-22-10-13-27-12-9-21-39(44(27)42)46-26-41-29-14-2-1-11-28(29)23-40(47-41)34-24-33-32-17-5-8-20-37(32)45(38(33)25-43(34)49)35-18-6-3-15-30(35)31-16-4-7-19-36(31)45;/h1-26,48-49H;. The molecule has 0 saturated heterocycles. The number of aromatic nitrogens is 1. The first-order valence-corrected chi connectivity index (χ1v) is 16.4. The number of aliphatic imine (C=N–C) groups is 1. The van der Waals surface area contributed by atoms with Crippen LogP contribution in [0.4, 0.5) is 5.69 Å². The minimum atomic E-state index is -0.534. The topological polar surface area (TPSA) is 65.7 Å². The van der Waals surface area contributed by atoms with Gasteiger partial charge in [0.05, 0.1) is 28.7 Å². The summed E-state index contributed by atoms with van der Waals surface area (Å²) < 4.78 is 0. The summed E-state index contributed by atoms with van der Waals surface area (Å²) in [5.74, 6) is 0.364. The fourth-order valence-electron chi connectivity index (χ4n) is 8.33. The number of phenolic OH excluding ortho intramolecular Hbond substituents is 2. The second kappa shape index (κ2) is 11.4. The van der Waals surface area contributed by atoms with E-state index in [1.165, 1.54) is 27.8 Å². The molecule has 4 nitrogen and oxygen atoms in total. The predicted molar refractivity (Wildman–Crippen MR) is 198 cm³/mol. The van der Waals surface area contributed by atoms with Gasteiger partial charge in [0.25, 0.3) is 0 Å². The number of aromatic hydroxyl groups is 2. The number of phenols is 2. The summed E-state index contributed by atoms with van der Waals surface area (Å²) in [7, 11) is 0. The van der Waals surface area contributed by atoms with Gasteiger partial charge in [0, 0.05) is 37.4 Å². The summed E-state index contributed by atoms with van der Waals surface area (Å²) in [6.07, 6.45) is 1.76. The monoisotopic (exact) mass is 823 g/mol. The van der Waals surface area contributed by atoms with Crippen molar-refractivity contribution in [3.05, 3.63) is 180 Å². The maximum absolute atomic E-state index is 12.0. The van der Waals surface area contributed by atoms with Crippen LogP contribution in [-0.2, 0) is 26.5 Å². The quantitative estimate of drug-likeness (QED) is 0.175. The molecule has 240 valence electrons. The summed E-state index contributed by atoms with van der Waals surface area (Å²) in [5.41, 5.74) is 11.6. The minimum Gasteiger partial charge on any atom is -0.507 e. The van der Waals surface area contributed by atoms with E-state index in [1.807, 2.05) is 60.7 Å². The Morgan fingerprint density at radius 1 is 0.500 bits per heavy atom. The Kier molecular flexibility index (Phi) is 6.88. The Labute approximate surface area is 303 Å². The molecule has 2 aliphatic rings. The van der Waals surface area contributed by atoms with Crippen LogP contribution in [0.2, 0.25) is 0 Å². The number of hydrogen-bond donors (Lipinski definition) is 2. The third-order valence-electron chi connectivity index (χ3n) is 10.3. The van der Waals surface area contributed by atoms with Crippen molar-refractivity contribution in [1.29, 1.82) is 0 Å². The van der Waals surface area contributed by atoms with E-state index in [1.54, 1.807) is 12.3 Å². The fourth-order valence-corrected chi connectivity index (χ4v) is 8.33. The molecule has 0 amide bonds. The molecule has 0 atom stereocenters. The Bertz CT molecular complexity index is 2660. The fraction of sp³-hybridized carbons (Fsp3) is 0.0222. The molecule has 10 rings (SSSR count). The van der Waals surface area contributed by atoms with E-state index in [0.29, 0.717) is 28.0 Å². The van der Waals surface area contributed by atoms with Crippen molar-refractivity contribution in [2.45, 2.75) is 5.41 Å². The van der Waals surface area contributed by atoms with Crippen molar-refractivity contribution in [2.75, 3.05) is 0 Å². The molecular formula is C45H28N2O2Pt. The molecule has 50 heavy (non-hydrogen) atoms. The van der Waals surface area contributed by atoms with Crippen molar-refractivity contribution in [3.8, 4) is 45.0 Å². The summed E-state index contributed by atoms with van der Waals surface area (Å²) in [6.45, 7) is 0. The van der Waals surface area contributed by atoms with Gasteiger partial charge in [-0.1, -0.05) is 121 Å². The number of rotatable bonds is 3. The van der Waals surface area contributed by atoms with Gasteiger partial charge in [0.1, 0.15) is 11.5 Å². The van der Waals surface area contributed by atoms with E-state index in [9.17, 15) is 10.2 Å². The molecule has 0 bridgehead atoms. The Morgan fingerprint density at radius 3 is 1.78 bits per heavy atom. The van der Waals surface area contributed by atoms with Gasteiger partial charge in [-0.25, -0.2) is 4.98 Å². The van der Waals surface area contributed by atoms with E-state index in [0.717, 1.165) is 32.8 Å². The first kappa shape index (κ1) is 30.2. The molecule has 1 spiro atoms. The van der Waals surface area contributed by atoms with E-state index >= 15 is 0 Å². The van der Waals surface area contributed by atoms with Gasteiger partial charge in [0.2, 0.25) is 0 Å². The Morgan fingerprint density at radius 2 is 1.08 bits per heavy atom. The number of pyridine rings is 1. The molecule has 8 aromatic rings. The summed E-state index contributed by atoms with van der Waals surface area (Å²) in [6, 6.07) is 51.4. The van der Waals surface area contributed by atoms with E-state index in [-0.39, 0.29) is 32.6 Å². The molecule has 5 heteroatoms. The first-order valence-electron chi connectivity index (χ1n) is 16.4. The van der Waals surface area contributed by atoms with Gasteiger partial charge >= 0.3 is 0 Å². The molecule has 7 aromatic carbocycles. The maximum Gasteiger partial charge on any atom is 0.125 e. The van der Waals surface area contributed by atoms with Crippen molar-refractivity contribution in [1.82, 2.24) is 4.98 Å². The van der Waals surface area contributed by atoms with Gasteiger partial charge in [0.15, 0.2) is 0 Å². The van der Waals surface area contributed by atoms with E-state index in [4.69, 9.17) is 9.98 Å². The minimum absolute atomic E-state index is 0. The van der Waals surface area contributed by atoms with Crippen molar-refractivity contribution >= 4 is 33.4 Å². The molecule has 0 fully saturated rings. The van der Waals surface area contributed by atoms with Gasteiger partial charge in [-0.3, -0.25) is 4.99 Å². The Balaban J connectivity index is 0.00000336. The second-order valence-corrected chi connectivity index (χ2v) is 12.8. The van der Waals surface area contributed by atoms with Crippen LogP contribution in [0.25, 0.3) is 55.1 Å². The average Bonchev–Trinajstić information content (AvgIpc) is 3.60. The number of nitrogens with zero attached hydrogens (tertiary/aromatic N) is 2. The molecule has 2 N–H and O–H groups in total. The van der Waals surface area contributed by atoms with Crippen molar-refractivity contribution in [2.24, 2.45) is 4.99 Å². The SMILES string of the molecule is Oc1cc2c(cc1-c1cc3ccccc3c(C=Nc3cccc4cccc(O)c34)n1)-c1ccccc1C21c2ccccc2-c2ccccc21.[Pt]. The molecule has 0 saturated carbocycles. The molecule has 0 aliphatic heterocycles. The zero-order valence-electron chi connectivity index (χ0n) is 26.6. The third-order valence-corrected chi connectivity index (χ3v) is 10.3. The van der Waals surface area contributed by atoms with Crippen LogP contribution in [0, 0.1) is 0 Å². The number of hydrogen-bond acceptors (Lipinski definition) is 4. The number of benzene rings is 7. The smallest absolute Gasteiger partial charge is 0.125 e.